The van der Waals surface area contributed by atoms with Gasteiger partial charge >= 0.3 is 6.09 Å². The van der Waals surface area contributed by atoms with Gasteiger partial charge in [-0.3, -0.25) is 9.69 Å². The van der Waals surface area contributed by atoms with Crippen LogP contribution in [0.4, 0.5) is 25.0 Å². The van der Waals surface area contributed by atoms with Gasteiger partial charge in [-0.05, 0) is 14.0 Å². The summed E-state index contributed by atoms with van der Waals surface area (Å²) in [6.45, 7) is 2.73. The third-order valence-electron chi connectivity index (χ3n) is 4.26. The molecule has 2 aliphatic rings. The Bertz CT molecular complexity index is 681. The molecule has 1 unspecified atom stereocenters. The maximum absolute atomic E-state index is 14.5. The minimum atomic E-state index is -0.746. The Balaban J connectivity index is 0.000000817. The molecule has 27 heavy (non-hydrogen) atoms. The number of carbonyl (C=O) groups is 3. The number of piperidine rings is 1. The highest BCUT2D eigenvalue weighted by molar-refractivity contribution is 5.90. The molecule has 0 saturated carbocycles. The van der Waals surface area contributed by atoms with Gasteiger partial charge in [-0.1, -0.05) is 0 Å². The van der Waals surface area contributed by atoms with Crippen molar-refractivity contribution in [3.63, 3.8) is 0 Å². The van der Waals surface area contributed by atoms with E-state index in [1.165, 1.54) is 16.7 Å². The number of Topliss-reactive ketones (excluding diaryl/α,β-unsaturated/α-hetero) is 1. The van der Waals surface area contributed by atoms with E-state index in [0.29, 0.717) is 19.6 Å². The number of rotatable bonds is 4. The number of hydrogen-bond acceptors (Lipinski definition) is 6. The number of anilines is 2. The summed E-state index contributed by atoms with van der Waals surface area (Å²) < 4.78 is 34.1. The molecule has 0 spiro atoms. The average molecular weight is 383 g/mol. The fourth-order valence-corrected chi connectivity index (χ4v) is 3.06. The first-order valence-electron chi connectivity index (χ1n) is 8.69. The van der Waals surface area contributed by atoms with Crippen molar-refractivity contribution in [2.45, 2.75) is 25.9 Å². The Morgan fingerprint density at radius 3 is 2.30 bits per heavy atom. The van der Waals surface area contributed by atoms with Crippen molar-refractivity contribution in [3.8, 4) is 0 Å². The molecule has 2 saturated heterocycles. The molecule has 2 heterocycles. The first-order chi connectivity index (χ1) is 12.9. The number of amides is 1. The van der Waals surface area contributed by atoms with Crippen molar-refractivity contribution >= 4 is 29.5 Å². The Morgan fingerprint density at radius 2 is 1.78 bits per heavy atom. The molecule has 1 atom stereocenters. The Morgan fingerprint density at radius 1 is 1.22 bits per heavy atom. The zero-order valence-electron chi connectivity index (χ0n) is 15.3. The summed E-state index contributed by atoms with van der Waals surface area (Å²) >= 11 is 0. The lowest BCUT2D eigenvalue weighted by molar-refractivity contribution is -0.119. The van der Waals surface area contributed by atoms with Crippen LogP contribution < -0.4 is 15.1 Å². The summed E-state index contributed by atoms with van der Waals surface area (Å²) in [5.74, 6) is -1.40. The third kappa shape index (κ3) is 5.00. The molecule has 7 nitrogen and oxygen atoms in total. The van der Waals surface area contributed by atoms with E-state index in [2.05, 4.69) is 5.32 Å². The molecule has 2 aliphatic heterocycles. The van der Waals surface area contributed by atoms with Crippen LogP contribution in [0.5, 0.6) is 0 Å². The second-order valence-electron chi connectivity index (χ2n) is 6.19. The van der Waals surface area contributed by atoms with E-state index in [0.717, 1.165) is 18.4 Å². The van der Waals surface area contributed by atoms with Gasteiger partial charge < -0.3 is 19.7 Å². The van der Waals surface area contributed by atoms with E-state index in [-0.39, 0.29) is 42.6 Å². The molecule has 0 bridgehead atoms. The quantitative estimate of drug-likeness (QED) is 0.800. The van der Waals surface area contributed by atoms with E-state index in [9.17, 15) is 18.4 Å². The molecule has 1 N–H and O–H groups in total. The van der Waals surface area contributed by atoms with Gasteiger partial charge in [0.05, 0.1) is 12.2 Å². The number of nitrogens with zero attached hydrogens (tertiary/aromatic N) is 2. The molecule has 148 valence electrons. The normalized spacial score (nSPS) is 19.5. The summed E-state index contributed by atoms with van der Waals surface area (Å²) in [6.07, 6.45) is 0.335. The van der Waals surface area contributed by atoms with Crippen LogP contribution in [-0.4, -0.2) is 57.5 Å². The fraction of sp³-hybridized carbons (Fsp3) is 0.500. The predicted octanol–water partition coefficient (Wildman–Crippen LogP) is 1.88. The number of nitrogens with one attached hydrogen (secondary N) is 1. The number of likely N-dealkylation sites (N-methyl/N-ethyl adjacent to an activating group) is 1. The summed E-state index contributed by atoms with van der Waals surface area (Å²) in [4.78, 5) is 34.7. The first kappa shape index (κ1) is 20.8. The van der Waals surface area contributed by atoms with Gasteiger partial charge in [0.1, 0.15) is 23.9 Å². The summed E-state index contributed by atoms with van der Waals surface area (Å²) in [7, 11) is 1.73. The zero-order chi connectivity index (χ0) is 20.0. The van der Waals surface area contributed by atoms with Crippen molar-refractivity contribution in [2.24, 2.45) is 0 Å². The van der Waals surface area contributed by atoms with Crippen molar-refractivity contribution in [3.05, 3.63) is 23.8 Å². The van der Waals surface area contributed by atoms with Crippen LogP contribution in [-0.2, 0) is 14.3 Å². The van der Waals surface area contributed by atoms with Crippen molar-refractivity contribution < 1.29 is 27.9 Å². The average Bonchev–Trinajstić information content (AvgIpc) is 2.97. The minimum Gasteiger partial charge on any atom is -0.443 e. The van der Waals surface area contributed by atoms with Gasteiger partial charge in [0.2, 0.25) is 0 Å². The van der Waals surface area contributed by atoms with Crippen LogP contribution in [0.2, 0.25) is 0 Å². The number of cyclic esters (lactones) is 1. The summed E-state index contributed by atoms with van der Waals surface area (Å²) in [5, 5.41) is 2.89. The van der Waals surface area contributed by atoms with E-state index >= 15 is 0 Å². The molecular formula is C18H23F2N3O4. The van der Waals surface area contributed by atoms with Gasteiger partial charge in [-0.15, -0.1) is 0 Å². The number of ketones is 1. The van der Waals surface area contributed by atoms with Crippen molar-refractivity contribution in [1.29, 1.82) is 0 Å². The second-order valence-corrected chi connectivity index (χ2v) is 6.19. The molecule has 3 rings (SSSR count). The first-order valence-corrected chi connectivity index (χ1v) is 8.69. The Hall–Kier alpha value is -2.55. The molecule has 0 radical (unpaired) electrons. The molecular weight excluding hydrogens is 360 g/mol. The van der Waals surface area contributed by atoms with E-state index in [4.69, 9.17) is 9.53 Å². The fourth-order valence-electron chi connectivity index (χ4n) is 3.06. The van der Waals surface area contributed by atoms with E-state index in [1.54, 1.807) is 7.05 Å². The maximum Gasteiger partial charge on any atom is 0.414 e. The smallest absolute Gasteiger partial charge is 0.414 e. The highest BCUT2D eigenvalue weighted by Gasteiger charge is 2.33. The summed E-state index contributed by atoms with van der Waals surface area (Å²) in [5.41, 5.74) is -0.0176. The number of aldehydes is 1. The molecule has 1 aromatic rings. The van der Waals surface area contributed by atoms with Crippen molar-refractivity contribution in [2.75, 3.05) is 43.0 Å². The van der Waals surface area contributed by atoms with Gasteiger partial charge in [0, 0.05) is 44.6 Å². The predicted molar refractivity (Wildman–Crippen MR) is 96.1 cm³/mol. The van der Waals surface area contributed by atoms with Crippen LogP contribution >= 0.6 is 0 Å². The number of benzene rings is 1. The molecule has 9 heteroatoms. The minimum absolute atomic E-state index is 0.0964. The number of carbonyl (C=O) groups excluding carboxylic acids is 3. The highest BCUT2D eigenvalue weighted by atomic mass is 19.1. The van der Waals surface area contributed by atoms with E-state index < -0.39 is 17.7 Å². The van der Waals surface area contributed by atoms with Crippen LogP contribution in [0.25, 0.3) is 0 Å². The largest absolute Gasteiger partial charge is 0.443 e. The Kier molecular flexibility index (Phi) is 7.23. The van der Waals surface area contributed by atoms with E-state index in [1.807, 2.05) is 0 Å². The highest BCUT2D eigenvalue weighted by Crippen LogP contribution is 2.32. The SMILES string of the molecule is CC=O.CNCC1CN(c2cc(F)c(N3CCC(=O)CC3)c(F)c2)C(=O)O1. The molecule has 0 aromatic heterocycles. The maximum atomic E-state index is 14.5. The van der Waals surface area contributed by atoms with Crippen LogP contribution in [0.1, 0.15) is 19.8 Å². The standard InChI is InChI=1S/C16H19F2N3O3.C2H4O/c1-19-8-12-9-21(16(23)24-12)10-6-13(17)15(14(18)7-10)20-4-2-11(22)3-5-20;1-2-3/h6-7,12,19H,2-5,8-9H2,1H3;2H,1H3. The second kappa shape index (κ2) is 9.40. The third-order valence-corrected chi connectivity index (χ3v) is 4.26. The van der Waals surface area contributed by atoms with Gasteiger partial charge in [-0.25, -0.2) is 13.6 Å². The molecule has 2 fully saturated rings. The van der Waals surface area contributed by atoms with Crippen LogP contribution in [0.15, 0.2) is 12.1 Å². The lowest BCUT2D eigenvalue weighted by atomic mass is 10.1. The topological polar surface area (TPSA) is 79.0 Å². The number of hydrogen-bond donors (Lipinski definition) is 1. The van der Waals surface area contributed by atoms with Crippen molar-refractivity contribution in [1.82, 2.24) is 5.32 Å². The monoisotopic (exact) mass is 383 g/mol. The van der Waals surface area contributed by atoms with Gasteiger partial charge in [0.25, 0.3) is 0 Å². The van der Waals surface area contributed by atoms with Gasteiger partial charge in [0.15, 0.2) is 11.6 Å². The van der Waals surface area contributed by atoms with Gasteiger partial charge in [-0.2, -0.15) is 0 Å². The lowest BCUT2D eigenvalue weighted by Crippen LogP contribution is -2.35. The molecule has 0 aliphatic carbocycles. The van der Waals surface area contributed by atoms with Crippen LogP contribution in [0.3, 0.4) is 0 Å². The molecule has 1 aromatic carbocycles. The number of halogens is 2. The lowest BCUT2D eigenvalue weighted by Gasteiger charge is -2.29. The zero-order valence-corrected chi connectivity index (χ0v) is 15.3. The summed E-state index contributed by atoms with van der Waals surface area (Å²) in [6, 6.07) is 2.27. The number of ether oxygens (including phenoxy) is 1. The van der Waals surface area contributed by atoms with Crippen LogP contribution in [0, 0.1) is 11.6 Å². The molecule has 1 amide bonds. The Labute approximate surface area is 156 Å².